The third-order valence-corrected chi connectivity index (χ3v) is 10.9. The Bertz CT molecular complexity index is 2860. The van der Waals surface area contributed by atoms with Gasteiger partial charge < -0.3 is 30.1 Å². The summed E-state index contributed by atoms with van der Waals surface area (Å²) >= 11 is 5.84. The van der Waals surface area contributed by atoms with E-state index < -0.39 is 16.1 Å². The summed E-state index contributed by atoms with van der Waals surface area (Å²) in [5, 5.41) is 40.7. The Morgan fingerprint density at radius 2 is 1.47 bits per heavy atom. The number of hydrogen-bond acceptors (Lipinski definition) is 9. The van der Waals surface area contributed by atoms with E-state index in [1.54, 1.807) is 12.1 Å². The van der Waals surface area contributed by atoms with E-state index in [0.717, 1.165) is 65.1 Å². The molecule has 5 aromatic carbocycles. The molecule has 0 saturated heterocycles. The van der Waals surface area contributed by atoms with E-state index in [4.69, 9.17) is 20.6 Å². The predicted molar refractivity (Wildman–Crippen MR) is 231 cm³/mol. The Morgan fingerprint density at radius 1 is 0.783 bits per heavy atom. The van der Waals surface area contributed by atoms with Crippen molar-refractivity contribution in [1.82, 2.24) is 4.58 Å². The van der Waals surface area contributed by atoms with Crippen molar-refractivity contribution in [2.75, 3.05) is 31.1 Å². The van der Waals surface area contributed by atoms with Crippen LogP contribution in [0.25, 0.3) is 44.2 Å². The second kappa shape index (κ2) is 20.0. The Morgan fingerprint density at radius 3 is 2.13 bits per heavy atom. The first-order chi connectivity index (χ1) is 27.8. The fourth-order valence-electron chi connectivity index (χ4n) is 6.84. The molecule has 1 heterocycles. The number of fused-ring (bicyclic) bond motifs is 3. The van der Waals surface area contributed by atoms with Gasteiger partial charge in [-0.2, -0.15) is 8.42 Å². The van der Waals surface area contributed by atoms with Crippen molar-refractivity contribution in [3.8, 4) is 33.9 Å². The second-order valence-corrected chi connectivity index (χ2v) is 15.0. The Kier molecular flexibility index (Phi) is 15.6. The van der Waals surface area contributed by atoms with Gasteiger partial charge in [0.15, 0.2) is 0 Å². The van der Waals surface area contributed by atoms with Crippen LogP contribution in [0.4, 0.5) is 17.1 Å². The first-order valence-corrected chi connectivity index (χ1v) is 20.4. The van der Waals surface area contributed by atoms with Gasteiger partial charge in [-0.3, -0.25) is 4.55 Å². The summed E-state index contributed by atoms with van der Waals surface area (Å²) < 4.78 is 40.3. The van der Waals surface area contributed by atoms with E-state index >= 15 is 0 Å². The van der Waals surface area contributed by atoms with Gasteiger partial charge in [0.25, 0.3) is 10.1 Å². The number of aromatic hydroxyl groups is 2. The molecule has 2 aliphatic rings. The number of azo groups is 1. The number of halogens is 1. The molecule has 0 amide bonds. The van der Waals surface area contributed by atoms with E-state index in [2.05, 4.69) is 83.8 Å². The second-order valence-electron chi connectivity index (χ2n) is 13.2. The van der Waals surface area contributed by atoms with Crippen LogP contribution in [0.15, 0.2) is 129 Å². The smallest absolute Gasteiger partial charge is 0.336 e. The van der Waals surface area contributed by atoms with Gasteiger partial charge in [-0.25, -0.2) is 9.37 Å². The molecule has 7 rings (SSSR count). The minimum Gasteiger partial charge on any atom is -0.506 e. The molecule has 5 aromatic rings. The molecule has 16 heteroatoms. The van der Waals surface area contributed by atoms with E-state index in [0.29, 0.717) is 21.4 Å². The number of phenols is 2. The zero-order chi connectivity index (χ0) is 41.7. The van der Waals surface area contributed by atoms with Crippen LogP contribution >= 0.6 is 11.6 Å². The van der Waals surface area contributed by atoms with Crippen molar-refractivity contribution < 1.29 is 60.3 Å². The third-order valence-electron chi connectivity index (χ3n) is 9.81. The van der Waals surface area contributed by atoms with Crippen LogP contribution in [0.5, 0.6) is 11.5 Å². The van der Waals surface area contributed by atoms with E-state index in [-0.39, 0.29) is 56.2 Å². The maximum absolute atomic E-state index is 12.1. The van der Waals surface area contributed by atoms with Crippen LogP contribution < -0.4 is 14.8 Å². The Hall–Kier alpha value is -5.79. The molecule has 312 valence electrons. The number of hydrogen-bond donors (Lipinski definition) is 4. The molecule has 6 N–H and O–H groups in total. The number of nitrogens with zero attached hydrogens (tertiary/aromatic N) is 4. The Labute approximate surface area is 362 Å². The number of aromatic carboxylic acids is 1. The van der Waals surface area contributed by atoms with Gasteiger partial charge in [-0.15, -0.1) is 10.2 Å². The summed E-state index contributed by atoms with van der Waals surface area (Å²) in [6.45, 7) is 12.1. The number of phenolic OH excluding ortho intramolecular Hbond substituents is 2. The summed E-state index contributed by atoms with van der Waals surface area (Å²) in [5.41, 5.74) is 4.81. The summed E-state index contributed by atoms with van der Waals surface area (Å²) in [5.74, 6) is -0.509. The van der Waals surface area contributed by atoms with Crippen LogP contribution in [-0.2, 0) is 27.5 Å². The first kappa shape index (κ1) is 46.9. The van der Waals surface area contributed by atoms with Gasteiger partial charge in [-0.1, -0.05) is 41.9 Å². The maximum Gasteiger partial charge on any atom is 0.336 e. The standard InChI is InChI=1S/C28H30N2O3.C16H11ClN2O5S.Cr.H2O/c1-5-29(6-2)19-13-15-23-25(17-19)33-26-18-20(30(7-3)8-4)14-16-24(26)27(23)21-11-9-10-12-22(21)28(31)32;17-10-2-6-14(20)13(8-10)18-19-16-12-4-3-11(25(22,23)24)7-9(12)1-5-15(16)21;;/h9-18H,5-8H2,1-4H3;1-8,20-21H,(H,22,23,24);;1H2/p+1. The van der Waals surface area contributed by atoms with Gasteiger partial charge >= 0.3 is 5.97 Å². The minimum atomic E-state index is -4.35. The summed E-state index contributed by atoms with van der Waals surface area (Å²) in [6.07, 6.45) is 0. The average molecular weight is 892 g/mol. The fourth-order valence-corrected chi connectivity index (χ4v) is 7.52. The summed E-state index contributed by atoms with van der Waals surface area (Å²) in [4.78, 5) is 14.1. The van der Waals surface area contributed by atoms with E-state index in [9.17, 15) is 28.5 Å². The molecule has 0 bridgehead atoms. The molecule has 0 radical (unpaired) electrons. The number of carboxylic acid groups (broad SMARTS) is 1. The molecular weight excluding hydrogens is 848 g/mol. The third kappa shape index (κ3) is 9.97. The van der Waals surface area contributed by atoms with Gasteiger partial charge in [-0.05, 0) is 99.3 Å². The summed E-state index contributed by atoms with van der Waals surface area (Å²) in [7, 11) is -4.35. The number of rotatable bonds is 10. The summed E-state index contributed by atoms with van der Waals surface area (Å²) in [6, 6.07) is 30.5. The van der Waals surface area contributed by atoms with Crippen LogP contribution in [0.1, 0.15) is 38.1 Å². The van der Waals surface area contributed by atoms with Crippen molar-refractivity contribution in [3.05, 3.63) is 125 Å². The van der Waals surface area contributed by atoms with Crippen LogP contribution in [0.3, 0.4) is 0 Å². The van der Waals surface area contributed by atoms with E-state index in [1.165, 1.54) is 48.5 Å². The van der Waals surface area contributed by atoms with E-state index in [1.807, 2.05) is 12.1 Å². The Balaban J connectivity index is 0.000000265. The van der Waals surface area contributed by atoms with Crippen molar-refractivity contribution in [3.63, 3.8) is 0 Å². The minimum absolute atomic E-state index is 0. The molecular formula is C44H44ClCrN4O9S+. The SMILES string of the molecule is CCN(CC)c1ccc2c(-c3ccccc3C(=O)O)c3ccc(=[N+](CC)CC)cc-3oc2c1.O.O=S(=O)(O)c1ccc2c(N=Nc3cc(Cl)ccc3O)c(O)ccc2c1.[Cr]. The van der Waals surface area contributed by atoms with Crippen molar-refractivity contribution in [1.29, 1.82) is 0 Å². The number of carbonyl (C=O) groups is 1. The maximum atomic E-state index is 12.1. The fraction of sp³-hybridized carbons (Fsp3) is 0.182. The average Bonchev–Trinajstić information content (AvgIpc) is 3.21. The van der Waals surface area contributed by atoms with Crippen LogP contribution in [0.2, 0.25) is 5.02 Å². The molecule has 13 nitrogen and oxygen atoms in total. The van der Waals surface area contributed by atoms with Crippen LogP contribution in [-0.4, -0.2) is 65.9 Å². The molecule has 0 saturated carbocycles. The zero-order valence-electron chi connectivity index (χ0n) is 33.1. The number of carboxylic acids is 1. The molecule has 1 aliphatic carbocycles. The monoisotopic (exact) mass is 891 g/mol. The molecule has 0 unspecified atom stereocenters. The topological polar surface area (TPSA) is 208 Å². The van der Waals surface area contributed by atoms with Gasteiger partial charge in [0.05, 0.1) is 16.5 Å². The van der Waals surface area contributed by atoms with Crippen molar-refractivity contribution in [2.45, 2.75) is 32.6 Å². The predicted octanol–water partition coefficient (Wildman–Crippen LogP) is 9.30. The van der Waals surface area contributed by atoms with Gasteiger partial charge in [0.2, 0.25) is 5.36 Å². The first-order valence-electron chi connectivity index (χ1n) is 18.6. The van der Waals surface area contributed by atoms with Gasteiger partial charge in [0, 0.05) is 75.2 Å². The van der Waals surface area contributed by atoms with Crippen LogP contribution in [0, 0.1) is 0 Å². The molecule has 0 fully saturated rings. The number of anilines is 1. The normalized spacial score (nSPS) is 11.2. The molecule has 1 aliphatic heterocycles. The molecule has 0 spiro atoms. The molecule has 0 atom stereocenters. The molecule has 60 heavy (non-hydrogen) atoms. The zero-order valence-corrected chi connectivity index (χ0v) is 36.0. The largest absolute Gasteiger partial charge is 0.506 e. The molecule has 0 aromatic heterocycles. The van der Waals surface area contributed by atoms with Gasteiger partial charge in [0.1, 0.15) is 47.3 Å². The quantitative estimate of drug-likeness (QED) is 0.0446. The van der Waals surface area contributed by atoms with Crippen molar-refractivity contribution >= 4 is 66.5 Å². The number of benzene rings is 6. The van der Waals surface area contributed by atoms with Crippen molar-refractivity contribution in [2.24, 2.45) is 10.2 Å².